The molecule has 1 saturated heterocycles. The summed E-state index contributed by atoms with van der Waals surface area (Å²) in [6.45, 7) is 12.0. The number of rotatable bonds is 2. The van der Waals surface area contributed by atoms with Gasteiger partial charge in [-0.05, 0) is 42.2 Å². The largest absolute Gasteiger partial charge is 0.368 e. The zero-order valence-electron chi connectivity index (χ0n) is 15.7. The molecule has 0 aliphatic carbocycles. The van der Waals surface area contributed by atoms with Gasteiger partial charge in [-0.15, -0.1) is 0 Å². The van der Waals surface area contributed by atoms with E-state index < -0.39 is 0 Å². The lowest BCUT2D eigenvalue weighted by atomic mass is 9.87. The number of carbonyl (C=O) groups is 1. The number of piperazine rings is 1. The van der Waals surface area contributed by atoms with E-state index >= 15 is 0 Å². The van der Waals surface area contributed by atoms with Crippen LogP contribution in [0.4, 0.5) is 5.69 Å². The van der Waals surface area contributed by atoms with E-state index in [0.717, 1.165) is 31.7 Å². The molecule has 25 heavy (non-hydrogen) atoms. The molecule has 132 valence electrons. The highest BCUT2D eigenvalue weighted by atomic mass is 16.2. The zero-order valence-corrected chi connectivity index (χ0v) is 15.7. The van der Waals surface area contributed by atoms with E-state index in [2.05, 4.69) is 49.9 Å². The van der Waals surface area contributed by atoms with Gasteiger partial charge in [0.2, 0.25) is 0 Å². The molecule has 0 saturated carbocycles. The number of nitrogens with zero attached hydrogens (tertiary/aromatic N) is 2. The molecule has 3 rings (SSSR count). The van der Waals surface area contributed by atoms with Crippen molar-refractivity contribution in [1.29, 1.82) is 0 Å². The maximum absolute atomic E-state index is 12.6. The molecule has 0 aromatic heterocycles. The minimum atomic E-state index is 0.141. The van der Waals surface area contributed by atoms with Crippen LogP contribution in [0.1, 0.15) is 42.3 Å². The molecule has 0 bridgehead atoms. The summed E-state index contributed by atoms with van der Waals surface area (Å²) in [6.07, 6.45) is 0. The van der Waals surface area contributed by atoms with Crippen LogP contribution in [0.2, 0.25) is 0 Å². The highest BCUT2D eigenvalue weighted by molar-refractivity contribution is 5.94. The van der Waals surface area contributed by atoms with E-state index in [-0.39, 0.29) is 11.3 Å². The second kappa shape index (κ2) is 6.91. The fourth-order valence-corrected chi connectivity index (χ4v) is 3.22. The summed E-state index contributed by atoms with van der Waals surface area (Å²) in [5, 5.41) is 0. The van der Waals surface area contributed by atoms with E-state index in [9.17, 15) is 4.79 Å². The molecule has 2 aromatic carbocycles. The van der Waals surface area contributed by atoms with Gasteiger partial charge in [-0.2, -0.15) is 0 Å². The van der Waals surface area contributed by atoms with Crippen molar-refractivity contribution in [1.82, 2.24) is 4.90 Å². The molecule has 1 aliphatic rings. The molecular weight excluding hydrogens is 308 g/mol. The van der Waals surface area contributed by atoms with Crippen LogP contribution in [0.5, 0.6) is 0 Å². The first-order valence-electron chi connectivity index (χ1n) is 9.06. The Labute approximate surface area is 151 Å². The van der Waals surface area contributed by atoms with Crippen LogP contribution in [0, 0.1) is 6.92 Å². The Kier molecular flexibility index (Phi) is 4.85. The first kappa shape index (κ1) is 17.5. The molecule has 3 heteroatoms. The lowest BCUT2D eigenvalue weighted by Crippen LogP contribution is -2.48. The number of hydrogen-bond donors (Lipinski definition) is 0. The minimum absolute atomic E-state index is 0.141. The number of amides is 1. The first-order chi connectivity index (χ1) is 11.8. The molecule has 2 aromatic rings. The van der Waals surface area contributed by atoms with Crippen molar-refractivity contribution in [3.63, 3.8) is 0 Å². The zero-order chi connectivity index (χ0) is 18.0. The summed E-state index contributed by atoms with van der Waals surface area (Å²) in [4.78, 5) is 16.9. The lowest BCUT2D eigenvalue weighted by molar-refractivity contribution is 0.0747. The van der Waals surface area contributed by atoms with E-state index in [1.807, 2.05) is 36.1 Å². The van der Waals surface area contributed by atoms with E-state index in [1.54, 1.807) is 0 Å². The summed E-state index contributed by atoms with van der Waals surface area (Å²) in [5.41, 5.74) is 4.74. The van der Waals surface area contributed by atoms with E-state index in [4.69, 9.17) is 0 Å². The fraction of sp³-hybridized carbons (Fsp3) is 0.409. The Morgan fingerprint density at radius 3 is 1.92 bits per heavy atom. The Balaban J connectivity index is 1.61. The SMILES string of the molecule is Cc1ccc(C(=O)N2CCN(c3ccc(C(C)(C)C)cc3)CC2)cc1. The summed E-state index contributed by atoms with van der Waals surface area (Å²) in [5.74, 6) is 0.141. The van der Waals surface area contributed by atoms with Gasteiger partial charge in [0.05, 0.1) is 0 Å². The highest BCUT2D eigenvalue weighted by Gasteiger charge is 2.22. The Hall–Kier alpha value is -2.29. The molecule has 0 atom stereocenters. The number of carbonyl (C=O) groups excluding carboxylic acids is 1. The van der Waals surface area contributed by atoms with Crippen LogP contribution in [-0.2, 0) is 5.41 Å². The summed E-state index contributed by atoms with van der Waals surface area (Å²) < 4.78 is 0. The van der Waals surface area contributed by atoms with Gasteiger partial charge in [0.25, 0.3) is 5.91 Å². The molecule has 1 aliphatic heterocycles. The highest BCUT2D eigenvalue weighted by Crippen LogP contribution is 2.25. The summed E-state index contributed by atoms with van der Waals surface area (Å²) >= 11 is 0. The summed E-state index contributed by atoms with van der Waals surface area (Å²) in [7, 11) is 0. The number of anilines is 1. The second-order valence-corrected chi connectivity index (χ2v) is 7.94. The van der Waals surface area contributed by atoms with Gasteiger partial charge >= 0.3 is 0 Å². The number of hydrogen-bond acceptors (Lipinski definition) is 2. The van der Waals surface area contributed by atoms with Gasteiger partial charge < -0.3 is 9.80 Å². The maximum Gasteiger partial charge on any atom is 0.253 e. The topological polar surface area (TPSA) is 23.6 Å². The standard InChI is InChI=1S/C22H28N2O/c1-17-5-7-18(8-6-17)21(25)24-15-13-23(14-16-24)20-11-9-19(10-12-20)22(2,3)4/h5-12H,13-16H2,1-4H3. The van der Waals surface area contributed by atoms with E-state index in [1.165, 1.54) is 16.8 Å². The van der Waals surface area contributed by atoms with Crippen molar-refractivity contribution in [2.45, 2.75) is 33.1 Å². The van der Waals surface area contributed by atoms with Crippen LogP contribution in [0.3, 0.4) is 0 Å². The number of aryl methyl sites for hydroxylation is 1. The second-order valence-electron chi connectivity index (χ2n) is 7.94. The molecule has 1 fully saturated rings. The van der Waals surface area contributed by atoms with Gasteiger partial charge in [0.1, 0.15) is 0 Å². The average molecular weight is 336 g/mol. The molecule has 1 amide bonds. The van der Waals surface area contributed by atoms with Gasteiger partial charge in [0, 0.05) is 37.4 Å². The van der Waals surface area contributed by atoms with Gasteiger partial charge in [0.15, 0.2) is 0 Å². The van der Waals surface area contributed by atoms with Crippen LogP contribution < -0.4 is 4.90 Å². The third-order valence-electron chi connectivity index (χ3n) is 4.96. The molecule has 0 N–H and O–H groups in total. The van der Waals surface area contributed by atoms with Crippen molar-refractivity contribution in [2.75, 3.05) is 31.1 Å². The van der Waals surface area contributed by atoms with Gasteiger partial charge in [-0.1, -0.05) is 50.6 Å². The molecule has 1 heterocycles. The Bertz CT molecular complexity index is 718. The summed E-state index contributed by atoms with van der Waals surface area (Å²) in [6, 6.07) is 16.7. The van der Waals surface area contributed by atoms with Gasteiger partial charge in [-0.25, -0.2) is 0 Å². The van der Waals surface area contributed by atoms with Crippen molar-refractivity contribution < 1.29 is 4.79 Å². The van der Waals surface area contributed by atoms with Gasteiger partial charge in [-0.3, -0.25) is 4.79 Å². The molecule has 0 radical (unpaired) electrons. The van der Waals surface area contributed by atoms with E-state index in [0.29, 0.717) is 0 Å². The third-order valence-corrected chi connectivity index (χ3v) is 4.96. The van der Waals surface area contributed by atoms with Crippen molar-refractivity contribution in [3.05, 3.63) is 65.2 Å². The van der Waals surface area contributed by atoms with Crippen molar-refractivity contribution >= 4 is 11.6 Å². The predicted octanol–water partition coefficient (Wildman–Crippen LogP) is 4.25. The predicted molar refractivity (Wildman–Crippen MR) is 104 cm³/mol. The smallest absolute Gasteiger partial charge is 0.253 e. The van der Waals surface area contributed by atoms with Crippen LogP contribution in [0.15, 0.2) is 48.5 Å². The Morgan fingerprint density at radius 1 is 0.840 bits per heavy atom. The number of benzene rings is 2. The molecule has 0 unspecified atom stereocenters. The van der Waals surface area contributed by atoms with Crippen LogP contribution in [-0.4, -0.2) is 37.0 Å². The van der Waals surface area contributed by atoms with Crippen molar-refractivity contribution in [2.24, 2.45) is 0 Å². The average Bonchev–Trinajstić information content (AvgIpc) is 2.61. The maximum atomic E-state index is 12.6. The monoisotopic (exact) mass is 336 g/mol. The fourth-order valence-electron chi connectivity index (χ4n) is 3.22. The van der Waals surface area contributed by atoms with Crippen LogP contribution in [0.25, 0.3) is 0 Å². The molecular formula is C22H28N2O. The first-order valence-corrected chi connectivity index (χ1v) is 9.06. The van der Waals surface area contributed by atoms with Crippen LogP contribution >= 0.6 is 0 Å². The molecule has 0 spiro atoms. The third kappa shape index (κ3) is 4.04. The quantitative estimate of drug-likeness (QED) is 0.818. The lowest BCUT2D eigenvalue weighted by Gasteiger charge is -2.36. The normalized spacial score (nSPS) is 15.4. The molecule has 3 nitrogen and oxygen atoms in total. The Morgan fingerprint density at radius 2 is 1.40 bits per heavy atom. The van der Waals surface area contributed by atoms with Crippen molar-refractivity contribution in [3.8, 4) is 0 Å². The minimum Gasteiger partial charge on any atom is -0.368 e.